The van der Waals surface area contributed by atoms with Gasteiger partial charge in [0.1, 0.15) is 24.7 Å². The van der Waals surface area contributed by atoms with E-state index in [1.165, 1.54) is 11.2 Å². The SMILES string of the molecule is CCOc1ccc(C2/C(=C(\O)c3ccc4c(c3)OCCO4)C(=O)C(=O)N2Cc2ccco2)cc1OCC. The van der Waals surface area contributed by atoms with Gasteiger partial charge in [-0.15, -0.1) is 0 Å². The Hall–Kier alpha value is -4.40. The minimum Gasteiger partial charge on any atom is -0.507 e. The molecule has 1 fully saturated rings. The van der Waals surface area contributed by atoms with Gasteiger partial charge in [-0.2, -0.15) is 0 Å². The first-order valence-corrected chi connectivity index (χ1v) is 12.1. The maximum absolute atomic E-state index is 13.4. The van der Waals surface area contributed by atoms with Crippen molar-refractivity contribution in [2.45, 2.75) is 26.4 Å². The Balaban J connectivity index is 1.64. The summed E-state index contributed by atoms with van der Waals surface area (Å²) in [6.45, 7) is 5.40. The highest BCUT2D eigenvalue weighted by Gasteiger charge is 2.46. The van der Waals surface area contributed by atoms with E-state index in [1.54, 1.807) is 48.5 Å². The standard InChI is InChI=1S/C28H27NO8/c1-3-33-20-9-7-17(14-22(20)34-4-2)25-24(27(31)28(32)29(25)16-19-6-5-11-35-19)26(30)18-8-10-21-23(15-18)37-13-12-36-21/h5-11,14-15,25,30H,3-4,12-13,16H2,1-2H3/b26-24+. The molecule has 0 radical (unpaired) electrons. The Morgan fingerprint density at radius 2 is 1.73 bits per heavy atom. The second kappa shape index (κ2) is 10.3. The van der Waals surface area contributed by atoms with Crippen LogP contribution in [-0.4, -0.2) is 48.1 Å². The van der Waals surface area contributed by atoms with Crippen LogP contribution in [-0.2, 0) is 16.1 Å². The van der Waals surface area contributed by atoms with Crippen LogP contribution < -0.4 is 18.9 Å². The molecule has 5 rings (SSSR count). The second-order valence-corrected chi connectivity index (χ2v) is 8.44. The van der Waals surface area contributed by atoms with Gasteiger partial charge in [-0.1, -0.05) is 6.07 Å². The lowest BCUT2D eigenvalue weighted by Gasteiger charge is -2.25. The van der Waals surface area contributed by atoms with Crippen molar-refractivity contribution in [3.8, 4) is 23.0 Å². The summed E-state index contributed by atoms with van der Waals surface area (Å²) in [7, 11) is 0. The Kier molecular flexibility index (Phi) is 6.76. The molecule has 192 valence electrons. The molecule has 1 unspecified atom stereocenters. The average molecular weight is 506 g/mol. The Labute approximate surface area is 213 Å². The van der Waals surface area contributed by atoms with Gasteiger partial charge in [0.2, 0.25) is 0 Å². The van der Waals surface area contributed by atoms with E-state index in [1.807, 2.05) is 13.8 Å². The van der Waals surface area contributed by atoms with Crippen molar-refractivity contribution in [2.24, 2.45) is 0 Å². The molecule has 2 aromatic carbocycles. The predicted molar refractivity (Wildman–Crippen MR) is 133 cm³/mol. The molecule has 1 atom stereocenters. The van der Waals surface area contributed by atoms with Crippen molar-refractivity contribution in [1.82, 2.24) is 4.90 Å². The largest absolute Gasteiger partial charge is 0.507 e. The number of carbonyl (C=O) groups excluding carboxylic acids is 2. The molecule has 1 amide bonds. The fourth-order valence-electron chi connectivity index (χ4n) is 4.54. The van der Waals surface area contributed by atoms with E-state index < -0.39 is 17.7 Å². The van der Waals surface area contributed by atoms with Gasteiger partial charge in [0.25, 0.3) is 11.7 Å². The summed E-state index contributed by atoms with van der Waals surface area (Å²) in [6.07, 6.45) is 1.50. The number of hydrogen-bond acceptors (Lipinski definition) is 8. The third-order valence-corrected chi connectivity index (χ3v) is 6.15. The molecule has 3 aromatic rings. The highest BCUT2D eigenvalue weighted by atomic mass is 16.6. The zero-order valence-corrected chi connectivity index (χ0v) is 20.6. The summed E-state index contributed by atoms with van der Waals surface area (Å²) in [5.74, 6) is 0.675. The summed E-state index contributed by atoms with van der Waals surface area (Å²) in [5, 5.41) is 11.4. The zero-order valence-electron chi connectivity index (χ0n) is 20.6. The van der Waals surface area contributed by atoms with Gasteiger partial charge in [0.05, 0.1) is 37.6 Å². The van der Waals surface area contributed by atoms with Crippen LogP contribution in [0.2, 0.25) is 0 Å². The summed E-state index contributed by atoms with van der Waals surface area (Å²) >= 11 is 0. The van der Waals surface area contributed by atoms with Crippen molar-refractivity contribution in [1.29, 1.82) is 0 Å². The van der Waals surface area contributed by atoms with Crippen LogP contribution in [0.1, 0.15) is 36.8 Å². The summed E-state index contributed by atoms with van der Waals surface area (Å²) < 4.78 is 28.1. The first kappa shape index (κ1) is 24.3. The number of aliphatic hydroxyl groups is 1. The van der Waals surface area contributed by atoms with Crippen LogP contribution in [0, 0.1) is 0 Å². The Morgan fingerprint density at radius 3 is 2.46 bits per heavy atom. The van der Waals surface area contributed by atoms with Gasteiger partial charge < -0.3 is 33.4 Å². The van der Waals surface area contributed by atoms with E-state index in [9.17, 15) is 14.7 Å². The Bertz CT molecular complexity index is 1340. The minimum atomic E-state index is -0.895. The first-order valence-electron chi connectivity index (χ1n) is 12.1. The number of likely N-dealkylation sites (tertiary alicyclic amines) is 1. The minimum absolute atomic E-state index is 0.0390. The number of carbonyl (C=O) groups is 2. The molecule has 1 aromatic heterocycles. The number of ketones is 1. The topological polar surface area (TPSA) is 108 Å². The van der Waals surface area contributed by atoms with Gasteiger partial charge in [0.15, 0.2) is 23.0 Å². The number of fused-ring (bicyclic) bond motifs is 1. The highest BCUT2D eigenvalue weighted by molar-refractivity contribution is 6.46. The van der Waals surface area contributed by atoms with Crippen LogP contribution in [0.5, 0.6) is 23.0 Å². The quantitative estimate of drug-likeness (QED) is 0.271. The number of rotatable bonds is 8. The van der Waals surface area contributed by atoms with Gasteiger partial charge in [0, 0.05) is 5.56 Å². The van der Waals surface area contributed by atoms with Gasteiger partial charge in [-0.25, -0.2) is 0 Å². The summed E-state index contributed by atoms with van der Waals surface area (Å²) in [4.78, 5) is 28.0. The molecule has 2 aliphatic rings. The molecular weight excluding hydrogens is 478 g/mol. The number of ether oxygens (including phenoxy) is 4. The molecule has 3 heterocycles. The van der Waals surface area contributed by atoms with E-state index in [2.05, 4.69) is 0 Å². The van der Waals surface area contributed by atoms with Crippen LogP contribution in [0.4, 0.5) is 0 Å². The molecule has 2 aliphatic heterocycles. The molecule has 1 saturated heterocycles. The lowest BCUT2D eigenvalue weighted by molar-refractivity contribution is -0.140. The van der Waals surface area contributed by atoms with E-state index in [4.69, 9.17) is 23.4 Å². The van der Waals surface area contributed by atoms with Crippen molar-refractivity contribution in [3.63, 3.8) is 0 Å². The molecule has 9 heteroatoms. The number of benzene rings is 2. The van der Waals surface area contributed by atoms with Crippen LogP contribution in [0.3, 0.4) is 0 Å². The van der Waals surface area contributed by atoms with E-state index in [-0.39, 0.29) is 17.9 Å². The smallest absolute Gasteiger partial charge is 0.296 e. The highest BCUT2D eigenvalue weighted by Crippen LogP contribution is 2.43. The fourth-order valence-corrected chi connectivity index (χ4v) is 4.54. The van der Waals surface area contributed by atoms with E-state index in [0.717, 1.165) is 0 Å². The number of amides is 1. The normalized spacial score (nSPS) is 18.2. The van der Waals surface area contributed by atoms with Crippen molar-refractivity contribution >= 4 is 17.4 Å². The number of nitrogens with zero attached hydrogens (tertiary/aromatic N) is 1. The maximum Gasteiger partial charge on any atom is 0.296 e. The molecule has 0 saturated carbocycles. The van der Waals surface area contributed by atoms with E-state index >= 15 is 0 Å². The maximum atomic E-state index is 13.4. The average Bonchev–Trinajstić information content (AvgIpc) is 3.52. The van der Waals surface area contributed by atoms with E-state index in [0.29, 0.717) is 66.3 Å². The monoisotopic (exact) mass is 505 g/mol. The molecule has 0 aliphatic carbocycles. The number of aliphatic hydroxyl groups excluding tert-OH is 1. The third-order valence-electron chi connectivity index (χ3n) is 6.15. The molecule has 0 spiro atoms. The van der Waals surface area contributed by atoms with Gasteiger partial charge in [-0.05, 0) is 61.9 Å². The number of hydrogen-bond donors (Lipinski definition) is 1. The molecule has 9 nitrogen and oxygen atoms in total. The van der Waals surface area contributed by atoms with Crippen molar-refractivity contribution in [3.05, 3.63) is 77.3 Å². The number of furan rings is 1. The fraction of sp³-hybridized carbons (Fsp3) is 0.286. The van der Waals surface area contributed by atoms with Gasteiger partial charge in [-0.3, -0.25) is 9.59 Å². The molecular formula is C28H27NO8. The second-order valence-electron chi connectivity index (χ2n) is 8.44. The molecule has 1 N–H and O–H groups in total. The summed E-state index contributed by atoms with van der Waals surface area (Å²) in [5.41, 5.74) is 0.873. The number of Topliss-reactive ketones (excluding diaryl/α,β-unsaturated/α-hetero) is 1. The third kappa shape index (κ3) is 4.60. The summed E-state index contributed by atoms with van der Waals surface area (Å²) in [6, 6.07) is 12.7. The lowest BCUT2D eigenvalue weighted by atomic mass is 9.94. The van der Waals surface area contributed by atoms with Gasteiger partial charge >= 0.3 is 0 Å². The molecule has 0 bridgehead atoms. The van der Waals surface area contributed by atoms with Crippen molar-refractivity contribution < 1.29 is 38.1 Å². The zero-order chi connectivity index (χ0) is 25.9. The van der Waals surface area contributed by atoms with Crippen molar-refractivity contribution in [2.75, 3.05) is 26.4 Å². The predicted octanol–water partition coefficient (Wildman–Crippen LogP) is 4.47. The van der Waals surface area contributed by atoms with Crippen LogP contribution in [0.25, 0.3) is 5.76 Å². The van der Waals surface area contributed by atoms with Crippen LogP contribution >= 0.6 is 0 Å². The lowest BCUT2D eigenvalue weighted by Crippen LogP contribution is -2.29. The molecule has 37 heavy (non-hydrogen) atoms. The first-order chi connectivity index (χ1) is 18.0. The Morgan fingerprint density at radius 1 is 0.973 bits per heavy atom. The van der Waals surface area contributed by atoms with Crippen LogP contribution in [0.15, 0.2) is 64.8 Å².